The average Bonchev–Trinajstić information content (AvgIpc) is 3.18. The van der Waals surface area contributed by atoms with Crippen molar-refractivity contribution in [3.8, 4) is 0 Å². The van der Waals surface area contributed by atoms with Gasteiger partial charge in [-0.3, -0.25) is 0 Å². The molecule has 3 rings (SSSR count). The quantitative estimate of drug-likeness (QED) is 0.868. The molecule has 2 amide bonds. The summed E-state index contributed by atoms with van der Waals surface area (Å²) in [6, 6.07) is -0.0263. The Hall–Kier alpha value is -1.77. The molecular weight excluding hydrogens is 306 g/mol. The number of carbonyl (C=O) groups excluding carboxylic acids is 1. The summed E-state index contributed by atoms with van der Waals surface area (Å²) in [7, 11) is 0. The van der Waals surface area contributed by atoms with Crippen LogP contribution < -0.4 is 10.6 Å². The molecule has 128 valence electrons. The summed E-state index contributed by atoms with van der Waals surface area (Å²) in [5.41, 5.74) is 0.667. The highest BCUT2D eigenvalue weighted by molar-refractivity contribution is 5.74. The van der Waals surface area contributed by atoms with E-state index in [1.165, 1.54) is 11.8 Å². The molecule has 1 aromatic heterocycles. The molecule has 23 heavy (non-hydrogen) atoms. The fourth-order valence-corrected chi connectivity index (χ4v) is 2.99. The van der Waals surface area contributed by atoms with Crippen molar-refractivity contribution in [3.05, 3.63) is 11.9 Å². The van der Waals surface area contributed by atoms with Crippen LogP contribution in [0.2, 0.25) is 0 Å². The SMILES string of the molecule is CC1CN(C(=O)NCc2cn(C3CCNC3)nn2)CCC1(F)F. The third kappa shape index (κ3) is 3.60. The second-order valence-electron chi connectivity index (χ2n) is 6.35. The Morgan fingerprint density at radius 1 is 1.57 bits per heavy atom. The molecule has 7 nitrogen and oxygen atoms in total. The molecule has 0 aliphatic carbocycles. The molecule has 1 aromatic rings. The highest BCUT2D eigenvalue weighted by Gasteiger charge is 2.42. The summed E-state index contributed by atoms with van der Waals surface area (Å²) in [5, 5.41) is 14.1. The van der Waals surface area contributed by atoms with Gasteiger partial charge in [0.2, 0.25) is 0 Å². The van der Waals surface area contributed by atoms with Gasteiger partial charge in [0.25, 0.3) is 5.92 Å². The van der Waals surface area contributed by atoms with Crippen LogP contribution in [-0.2, 0) is 6.54 Å². The van der Waals surface area contributed by atoms with E-state index in [4.69, 9.17) is 0 Å². The second-order valence-corrected chi connectivity index (χ2v) is 6.35. The van der Waals surface area contributed by atoms with Gasteiger partial charge in [-0.05, 0) is 13.0 Å². The zero-order valence-electron chi connectivity index (χ0n) is 13.1. The Morgan fingerprint density at radius 2 is 2.39 bits per heavy atom. The fraction of sp³-hybridized carbons (Fsp3) is 0.786. The van der Waals surface area contributed by atoms with Crippen molar-refractivity contribution in [2.45, 2.75) is 38.3 Å². The standard InChI is InChI=1S/C14H22F2N6O/c1-10-8-21(5-3-14(10,15)16)13(23)18-6-11-9-22(20-19-11)12-2-4-17-7-12/h9-10,12,17H,2-8H2,1H3,(H,18,23). The monoisotopic (exact) mass is 328 g/mol. The average molecular weight is 328 g/mol. The maximum absolute atomic E-state index is 13.5. The molecule has 2 saturated heterocycles. The molecular formula is C14H22F2N6O. The second kappa shape index (κ2) is 6.38. The smallest absolute Gasteiger partial charge is 0.317 e. The van der Waals surface area contributed by atoms with Crippen LogP contribution >= 0.6 is 0 Å². The highest BCUT2D eigenvalue weighted by atomic mass is 19.3. The van der Waals surface area contributed by atoms with Crippen LogP contribution in [-0.4, -0.2) is 58.0 Å². The third-order valence-corrected chi connectivity index (χ3v) is 4.60. The van der Waals surface area contributed by atoms with Gasteiger partial charge in [-0.1, -0.05) is 12.1 Å². The highest BCUT2D eigenvalue weighted by Crippen LogP contribution is 2.32. The van der Waals surface area contributed by atoms with E-state index in [2.05, 4.69) is 20.9 Å². The normalized spacial score (nSPS) is 27.2. The largest absolute Gasteiger partial charge is 0.332 e. The van der Waals surface area contributed by atoms with Crippen LogP contribution in [0.4, 0.5) is 13.6 Å². The van der Waals surface area contributed by atoms with Gasteiger partial charge in [-0.25, -0.2) is 18.3 Å². The van der Waals surface area contributed by atoms with Crippen LogP contribution in [0.1, 0.15) is 31.5 Å². The minimum Gasteiger partial charge on any atom is -0.332 e. The molecule has 2 aliphatic rings. The summed E-state index contributed by atoms with van der Waals surface area (Å²) < 4.78 is 28.7. The first kappa shape index (κ1) is 16.1. The molecule has 0 spiro atoms. The topological polar surface area (TPSA) is 75.1 Å². The molecule has 3 heterocycles. The van der Waals surface area contributed by atoms with Crippen LogP contribution in [0.25, 0.3) is 0 Å². The number of aromatic nitrogens is 3. The summed E-state index contributed by atoms with van der Waals surface area (Å²) in [4.78, 5) is 13.5. The van der Waals surface area contributed by atoms with Gasteiger partial charge in [0.15, 0.2) is 0 Å². The zero-order valence-corrected chi connectivity index (χ0v) is 13.1. The maximum Gasteiger partial charge on any atom is 0.317 e. The molecule has 0 saturated carbocycles. The van der Waals surface area contributed by atoms with E-state index in [1.54, 1.807) is 0 Å². The van der Waals surface area contributed by atoms with Crippen LogP contribution in [0.5, 0.6) is 0 Å². The van der Waals surface area contributed by atoms with Crippen molar-refractivity contribution < 1.29 is 13.6 Å². The minimum absolute atomic E-state index is 0.0687. The summed E-state index contributed by atoms with van der Waals surface area (Å²) in [6.07, 6.45) is 2.55. The summed E-state index contributed by atoms with van der Waals surface area (Å²) in [5.74, 6) is -3.51. The van der Waals surface area contributed by atoms with Crippen molar-refractivity contribution in [1.82, 2.24) is 30.5 Å². The molecule has 2 N–H and O–H groups in total. The predicted octanol–water partition coefficient (Wildman–Crippen LogP) is 0.999. The fourth-order valence-electron chi connectivity index (χ4n) is 2.99. The van der Waals surface area contributed by atoms with E-state index in [-0.39, 0.29) is 32.1 Å². The van der Waals surface area contributed by atoms with Gasteiger partial charge < -0.3 is 15.5 Å². The molecule has 2 aliphatic heterocycles. The van der Waals surface area contributed by atoms with Crippen molar-refractivity contribution in [2.24, 2.45) is 5.92 Å². The van der Waals surface area contributed by atoms with E-state index in [9.17, 15) is 13.6 Å². The Morgan fingerprint density at radius 3 is 3.09 bits per heavy atom. The number of likely N-dealkylation sites (tertiary alicyclic amines) is 1. The molecule has 9 heteroatoms. The van der Waals surface area contributed by atoms with Crippen molar-refractivity contribution in [1.29, 1.82) is 0 Å². The number of nitrogens with one attached hydrogen (secondary N) is 2. The third-order valence-electron chi connectivity index (χ3n) is 4.60. The van der Waals surface area contributed by atoms with Gasteiger partial charge in [0.1, 0.15) is 5.69 Å². The molecule has 0 bridgehead atoms. The first-order valence-corrected chi connectivity index (χ1v) is 7.98. The van der Waals surface area contributed by atoms with Gasteiger partial charge in [-0.2, -0.15) is 0 Å². The molecule has 2 fully saturated rings. The number of carbonyl (C=O) groups is 1. The Labute approximate surface area is 133 Å². The lowest BCUT2D eigenvalue weighted by Crippen LogP contribution is -2.51. The van der Waals surface area contributed by atoms with Crippen molar-refractivity contribution in [3.63, 3.8) is 0 Å². The first-order valence-electron chi connectivity index (χ1n) is 7.98. The van der Waals surface area contributed by atoms with Gasteiger partial charge in [-0.15, -0.1) is 5.10 Å². The van der Waals surface area contributed by atoms with Crippen LogP contribution in [0.15, 0.2) is 6.20 Å². The van der Waals surface area contributed by atoms with E-state index in [1.807, 2.05) is 10.9 Å². The summed E-state index contributed by atoms with van der Waals surface area (Å²) >= 11 is 0. The molecule has 2 unspecified atom stereocenters. The predicted molar refractivity (Wildman–Crippen MR) is 79.1 cm³/mol. The van der Waals surface area contributed by atoms with Crippen molar-refractivity contribution in [2.75, 3.05) is 26.2 Å². The number of amides is 2. The van der Waals surface area contributed by atoms with Gasteiger partial charge in [0, 0.05) is 32.0 Å². The number of hydrogen-bond donors (Lipinski definition) is 2. The lowest BCUT2D eigenvalue weighted by molar-refractivity contribution is -0.0906. The van der Waals surface area contributed by atoms with Gasteiger partial charge >= 0.3 is 6.03 Å². The van der Waals surface area contributed by atoms with E-state index in [0.29, 0.717) is 11.7 Å². The number of alkyl halides is 2. The Kier molecular flexibility index (Phi) is 4.47. The number of piperidine rings is 1. The number of urea groups is 1. The number of halogens is 2. The maximum atomic E-state index is 13.5. The van der Waals surface area contributed by atoms with E-state index >= 15 is 0 Å². The van der Waals surface area contributed by atoms with E-state index in [0.717, 1.165) is 19.5 Å². The van der Waals surface area contributed by atoms with E-state index < -0.39 is 11.8 Å². The summed E-state index contributed by atoms with van der Waals surface area (Å²) in [6.45, 7) is 3.70. The number of nitrogens with zero attached hydrogens (tertiary/aromatic N) is 4. The zero-order chi connectivity index (χ0) is 16.4. The Balaban J connectivity index is 1.49. The van der Waals surface area contributed by atoms with Crippen LogP contribution in [0.3, 0.4) is 0 Å². The Bertz CT molecular complexity index is 557. The van der Waals surface area contributed by atoms with Gasteiger partial charge in [0.05, 0.1) is 18.8 Å². The molecule has 0 aromatic carbocycles. The molecule has 0 radical (unpaired) electrons. The minimum atomic E-state index is -2.69. The lowest BCUT2D eigenvalue weighted by Gasteiger charge is -2.36. The number of rotatable bonds is 3. The van der Waals surface area contributed by atoms with Crippen molar-refractivity contribution >= 4 is 6.03 Å². The van der Waals surface area contributed by atoms with Crippen LogP contribution in [0, 0.1) is 5.92 Å². The molecule has 2 atom stereocenters. The number of hydrogen-bond acceptors (Lipinski definition) is 4. The first-order chi connectivity index (χ1) is 11.0. The lowest BCUT2D eigenvalue weighted by atomic mass is 9.96.